The van der Waals surface area contributed by atoms with E-state index in [-0.39, 0.29) is 5.54 Å². The van der Waals surface area contributed by atoms with Crippen molar-refractivity contribution in [3.05, 3.63) is 18.0 Å². The third kappa shape index (κ3) is 3.23. The Bertz CT molecular complexity index is 420. The van der Waals surface area contributed by atoms with E-state index in [1.165, 1.54) is 18.5 Å². The van der Waals surface area contributed by atoms with Crippen LogP contribution in [0.25, 0.3) is 0 Å². The fourth-order valence-corrected chi connectivity index (χ4v) is 2.99. The van der Waals surface area contributed by atoms with Crippen molar-refractivity contribution in [2.45, 2.75) is 71.6 Å². The van der Waals surface area contributed by atoms with Gasteiger partial charge >= 0.3 is 0 Å². The van der Waals surface area contributed by atoms with Crippen molar-refractivity contribution < 1.29 is 0 Å². The quantitative estimate of drug-likeness (QED) is 0.899. The third-order valence-electron chi connectivity index (χ3n) is 4.81. The van der Waals surface area contributed by atoms with Gasteiger partial charge in [-0.25, -0.2) is 0 Å². The van der Waals surface area contributed by atoms with Crippen LogP contribution in [0.15, 0.2) is 12.3 Å². The third-order valence-corrected chi connectivity index (χ3v) is 4.81. The molecule has 1 unspecified atom stereocenters. The highest BCUT2D eigenvalue weighted by Gasteiger charge is 2.35. The van der Waals surface area contributed by atoms with E-state index in [4.69, 9.17) is 5.10 Å². The molecule has 0 aromatic carbocycles. The van der Waals surface area contributed by atoms with Crippen molar-refractivity contribution in [1.29, 1.82) is 0 Å². The Hall–Kier alpha value is -0.870. The molecule has 20 heavy (non-hydrogen) atoms. The van der Waals surface area contributed by atoms with Crippen LogP contribution in [0.3, 0.4) is 0 Å². The summed E-state index contributed by atoms with van der Waals surface area (Å²) in [5, 5.41) is 8.45. The zero-order chi connectivity index (χ0) is 14.8. The number of piperazine rings is 1. The first kappa shape index (κ1) is 15.5. The summed E-state index contributed by atoms with van der Waals surface area (Å²) >= 11 is 0. The smallest absolute Gasteiger partial charge is 0.0765 e. The van der Waals surface area contributed by atoms with Crippen molar-refractivity contribution in [2.75, 3.05) is 13.1 Å². The highest BCUT2D eigenvalue weighted by Crippen LogP contribution is 2.23. The summed E-state index contributed by atoms with van der Waals surface area (Å²) in [5.41, 5.74) is 1.47. The molecule has 1 aromatic rings. The van der Waals surface area contributed by atoms with E-state index in [1.807, 2.05) is 0 Å². The summed E-state index contributed by atoms with van der Waals surface area (Å²) in [6.07, 6.45) is 4.47. The van der Waals surface area contributed by atoms with Crippen LogP contribution in [0.5, 0.6) is 0 Å². The van der Waals surface area contributed by atoms with Crippen molar-refractivity contribution in [3.8, 4) is 0 Å². The molecule has 1 aliphatic rings. The molecule has 2 heterocycles. The van der Waals surface area contributed by atoms with E-state index in [9.17, 15) is 0 Å². The van der Waals surface area contributed by atoms with Gasteiger partial charge in [-0.05, 0) is 39.7 Å². The van der Waals surface area contributed by atoms with Crippen LogP contribution in [0.2, 0.25) is 0 Å². The molecule has 1 atom stereocenters. The molecule has 4 nitrogen and oxygen atoms in total. The summed E-state index contributed by atoms with van der Waals surface area (Å²) in [6, 6.07) is 3.17. The molecule has 0 spiro atoms. The average molecular weight is 278 g/mol. The second-order valence-corrected chi connectivity index (χ2v) is 6.50. The van der Waals surface area contributed by atoms with E-state index >= 15 is 0 Å². The minimum Gasteiger partial charge on any atom is -0.308 e. The first-order valence-electron chi connectivity index (χ1n) is 8.02. The maximum atomic E-state index is 4.69. The van der Waals surface area contributed by atoms with E-state index in [2.05, 4.69) is 61.8 Å². The van der Waals surface area contributed by atoms with Crippen molar-refractivity contribution in [2.24, 2.45) is 0 Å². The van der Waals surface area contributed by atoms with Gasteiger partial charge in [0.05, 0.1) is 5.69 Å². The molecule has 4 heteroatoms. The van der Waals surface area contributed by atoms with Crippen LogP contribution in [-0.2, 0) is 6.54 Å². The van der Waals surface area contributed by atoms with Crippen molar-refractivity contribution >= 4 is 0 Å². The summed E-state index contributed by atoms with van der Waals surface area (Å²) in [5.74, 6) is 0. The second kappa shape index (κ2) is 6.27. The molecular formula is C16H30N4. The molecule has 2 rings (SSSR count). The van der Waals surface area contributed by atoms with Crippen molar-refractivity contribution in [1.82, 2.24) is 20.0 Å². The summed E-state index contributed by atoms with van der Waals surface area (Å²) in [6.45, 7) is 14.4. The van der Waals surface area contributed by atoms with Crippen molar-refractivity contribution in [3.63, 3.8) is 0 Å². The van der Waals surface area contributed by atoms with Gasteiger partial charge in [-0.15, -0.1) is 0 Å². The normalized spacial score (nSPS) is 23.4. The Kier molecular flexibility index (Phi) is 4.86. The molecule has 1 aliphatic heterocycles. The molecule has 0 radical (unpaired) electrons. The van der Waals surface area contributed by atoms with Crippen LogP contribution in [0.4, 0.5) is 0 Å². The zero-order valence-corrected chi connectivity index (χ0v) is 13.7. The SMILES string of the molecule is CCC1(CC)CN(Cc2ccn(C(C)C)n2)C(C)CN1. The highest BCUT2D eigenvalue weighted by atomic mass is 15.3. The zero-order valence-electron chi connectivity index (χ0n) is 13.7. The largest absolute Gasteiger partial charge is 0.308 e. The Balaban J connectivity index is 2.05. The molecule has 0 amide bonds. The number of rotatable bonds is 5. The fourth-order valence-electron chi connectivity index (χ4n) is 2.99. The van der Waals surface area contributed by atoms with Gasteiger partial charge in [-0.2, -0.15) is 5.10 Å². The van der Waals surface area contributed by atoms with Gasteiger partial charge in [0.2, 0.25) is 0 Å². The summed E-state index contributed by atoms with van der Waals surface area (Å²) in [4.78, 5) is 2.58. The van der Waals surface area contributed by atoms with Gasteiger partial charge in [0.15, 0.2) is 0 Å². The van der Waals surface area contributed by atoms with E-state index < -0.39 is 0 Å². The standard InChI is InChI=1S/C16H30N4/c1-6-16(7-2)12-19(14(5)10-17-16)11-15-8-9-20(18-15)13(3)4/h8-9,13-14,17H,6-7,10-12H2,1-5H3. The van der Waals surface area contributed by atoms with Gasteiger partial charge in [0.1, 0.15) is 0 Å². The van der Waals surface area contributed by atoms with Crippen LogP contribution in [-0.4, -0.2) is 39.4 Å². The van der Waals surface area contributed by atoms with Gasteiger partial charge in [0.25, 0.3) is 0 Å². The molecule has 1 saturated heterocycles. The monoisotopic (exact) mass is 278 g/mol. The first-order valence-corrected chi connectivity index (χ1v) is 8.02. The molecule has 1 fully saturated rings. The lowest BCUT2D eigenvalue weighted by molar-refractivity contribution is 0.0733. The summed E-state index contributed by atoms with van der Waals surface area (Å²) < 4.78 is 2.05. The topological polar surface area (TPSA) is 33.1 Å². The lowest BCUT2D eigenvalue weighted by Gasteiger charge is -2.46. The van der Waals surface area contributed by atoms with Crippen LogP contribution >= 0.6 is 0 Å². The molecule has 0 aliphatic carbocycles. The Morgan fingerprint density at radius 1 is 1.40 bits per heavy atom. The minimum absolute atomic E-state index is 0.285. The number of aromatic nitrogens is 2. The van der Waals surface area contributed by atoms with E-state index in [0.29, 0.717) is 12.1 Å². The van der Waals surface area contributed by atoms with Gasteiger partial charge < -0.3 is 5.32 Å². The Morgan fingerprint density at radius 3 is 2.65 bits per heavy atom. The highest BCUT2D eigenvalue weighted by molar-refractivity contribution is 5.03. The Labute approximate surface area is 123 Å². The second-order valence-electron chi connectivity index (χ2n) is 6.50. The first-order chi connectivity index (χ1) is 9.49. The molecule has 1 aromatic heterocycles. The fraction of sp³-hybridized carbons (Fsp3) is 0.812. The van der Waals surface area contributed by atoms with Gasteiger partial charge in [0, 0.05) is 43.5 Å². The van der Waals surface area contributed by atoms with Gasteiger partial charge in [-0.3, -0.25) is 9.58 Å². The lowest BCUT2D eigenvalue weighted by Crippen LogP contribution is -2.62. The van der Waals surface area contributed by atoms with Crippen LogP contribution < -0.4 is 5.32 Å². The van der Waals surface area contributed by atoms with Crippen LogP contribution in [0.1, 0.15) is 59.2 Å². The van der Waals surface area contributed by atoms with E-state index in [1.54, 1.807) is 0 Å². The predicted molar refractivity (Wildman–Crippen MR) is 83.8 cm³/mol. The molecule has 0 bridgehead atoms. The Morgan fingerprint density at radius 2 is 2.10 bits per heavy atom. The van der Waals surface area contributed by atoms with Gasteiger partial charge in [-0.1, -0.05) is 13.8 Å². The lowest BCUT2D eigenvalue weighted by atomic mass is 9.88. The maximum absolute atomic E-state index is 4.69. The number of hydrogen-bond donors (Lipinski definition) is 1. The minimum atomic E-state index is 0.285. The molecule has 1 N–H and O–H groups in total. The number of nitrogens with zero attached hydrogens (tertiary/aromatic N) is 3. The maximum Gasteiger partial charge on any atom is 0.0765 e. The molecule has 114 valence electrons. The summed E-state index contributed by atoms with van der Waals surface area (Å²) in [7, 11) is 0. The number of hydrogen-bond acceptors (Lipinski definition) is 3. The average Bonchev–Trinajstić information content (AvgIpc) is 2.90. The predicted octanol–water partition coefficient (Wildman–Crippen LogP) is 2.82. The molecule has 0 saturated carbocycles. The van der Waals surface area contributed by atoms with Crippen LogP contribution in [0, 0.1) is 0 Å². The molecular weight excluding hydrogens is 248 g/mol. The van der Waals surface area contributed by atoms with E-state index in [0.717, 1.165) is 19.6 Å². The number of nitrogens with one attached hydrogen (secondary N) is 1.